The molecule has 0 bridgehead atoms. The lowest BCUT2D eigenvalue weighted by atomic mass is 10.1. The Hall–Kier alpha value is -2.24. The second kappa shape index (κ2) is 6.27. The van der Waals surface area contributed by atoms with Gasteiger partial charge in [-0.15, -0.1) is 0 Å². The number of rotatable bonds is 6. The molecule has 2 rings (SSSR count). The maximum absolute atomic E-state index is 12.1. The van der Waals surface area contributed by atoms with Crippen LogP contribution >= 0.6 is 0 Å². The number of carbonyl (C=O) groups is 1. The second-order valence-electron chi connectivity index (χ2n) is 4.22. The number of hydrogen-bond donors (Lipinski definition) is 0. The Bertz CT molecular complexity index is 579. The van der Waals surface area contributed by atoms with E-state index in [4.69, 9.17) is 0 Å². The fourth-order valence-corrected chi connectivity index (χ4v) is 1.89. The summed E-state index contributed by atoms with van der Waals surface area (Å²) in [6.07, 6.45) is 3.31. The molecule has 1 heterocycles. The molecule has 0 atom stereocenters. The number of aromatic nitrogens is 2. The van der Waals surface area contributed by atoms with Gasteiger partial charge in [0, 0.05) is 18.3 Å². The van der Waals surface area contributed by atoms with Crippen LogP contribution in [0.5, 0.6) is 5.75 Å². The Morgan fingerprint density at radius 1 is 1.35 bits per heavy atom. The number of hydrogen-bond acceptors (Lipinski definition) is 3. The monoisotopic (exact) mass is 280 g/mol. The Morgan fingerprint density at radius 2 is 2.05 bits per heavy atom. The molecule has 0 N–H and O–H groups in total. The van der Waals surface area contributed by atoms with E-state index >= 15 is 0 Å². The van der Waals surface area contributed by atoms with Gasteiger partial charge in [0.1, 0.15) is 11.4 Å². The van der Waals surface area contributed by atoms with E-state index in [0.29, 0.717) is 23.4 Å². The zero-order valence-corrected chi connectivity index (χ0v) is 10.9. The van der Waals surface area contributed by atoms with Gasteiger partial charge in [0.05, 0.1) is 5.56 Å². The Kier molecular flexibility index (Phi) is 4.45. The molecule has 6 heteroatoms. The van der Waals surface area contributed by atoms with Crippen LogP contribution in [-0.4, -0.2) is 22.7 Å². The molecule has 0 saturated carbocycles. The first kappa shape index (κ1) is 14.2. The van der Waals surface area contributed by atoms with Gasteiger partial charge >= 0.3 is 6.61 Å². The van der Waals surface area contributed by atoms with E-state index in [9.17, 15) is 13.6 Å². The van der Waals surface area contributed by atoms with Gasteiger partial charge in [-0.1, -0.05) is 6.92 Å². The highest BCUT2D eigenvalue weighted by molar-refractivity contribution is 5.85. The zero-order chi connectivity index (χ0) is 14.5. The summed E-state index contributed by atoms with van der Waals surface area (Å²) in [5.74, 6) is 0.0735. The van der Waals surface area contributed by atoms with Crippen molar-refractivity contribution in [3.63, 3.8) is 0 Å². The summed E-state index contributed by atoms with van der Waals surface area (Å²) < 4.78 is 30.1. The quantitative estimate of drug-likeness (QED) is 0.762. The molecule has 2 aromatic rings. The van der Waals surface area contributed by atoms with Gasteiger partial charge in [0.2, 0.25) is 0 Å². The third-order valence-electron chi connectivity index (χ3n) is 2.72. The van der Waals surface area contributed by atoms with Crippen LogP contribution < -0.4 is 4.74 Å². The third kappa shape index (κ3) is 3.20. The van der Waals surface area contributed by atoms with Crippen LogP contribution in [0.1, 0.15) is 23.7 Å². The average molecular weight is 280 g/mol. The molecule has 20 heavy (non-hydrogen) atoms. The number of carbonyl (C=O) groups excluding carboxylic acids is 1. The normalized spacial score (nSPS) is 10.8. The molecular formula is C14H14F2N2O2. The minimum Gasteiger partial charge on any atom is -0.435 e. The first-order chi connectivity index (χ1) is 9.63. The summed E-state index contributed by atoms with van der Waals surface area (Å²) >= 11 is 0. The highest BCUT2D eigenvalue weighted by atomic mass is 19.3. The highest BCUT2D eigenvalue weighted by Crippen LogP contribution is 2.24. The van der Waals surface area contributed by atoms with E-state index in [2.05, 4.69) is 9.84 Å². The summed E-state index contributed by atoms with van der Waals surface area (Å²) in [6.45, 7) is -0.124. The molecule has 0 amide bonds. The van der Waals surface area contributed by atoms with Gasteiger partial charge in [-0.25, -0.2) is 0 Å². The third-order valence-corrected chi connectivity index (χ3v) is 2.72. The van der Waals surface area contributed by atoms with Gasteiger partial charge in [-0.2, -0.15) is 13.9 Å². The van der Waals surface area contributed by atoms with Crippen molar-refractivity contribution < 1.29 is 18.3 Å². The first-order valence-corrected chi connectivity index (χ1v) is 6.22. The summed E-state index contributed by atoms with van der Waals surface area (Å²) in [6, 6.07) is 6.05. The molecule has 106 valence electrons. The molecule has 0 unspecified atom stereocenters. The predicted octanol–water partition coefficient (Wildman–Crippen LogP) is 3.37. The zero-order valence-electron chi connectivity index (χ0n) is 10.9. The maximum atomic E-state index is 12.1. The molecule has 1 aromatic carbocycles. The van der Waals surface area contributed by atoms with Crippen LogP contribution in [-0.2, 0) is 6.54 Å². The number of benzene rings is 1. The summed E-state index contributed by atoms with van der Waals surface area (Å²) in [5.41, 5.74) is 1.70. The number of alkyl halides is 2. The Balaban J connectivity index is 2.28. The molecule has 0 saturated heterocycles. The van der Waals surface area contributed by atoms with E-state index in [1.54, 1.807) is 23.0 Å². The largest absolute Gasteiger partial charge is 0.435 e. The number of aryl methyl sites for hydroxylation is 1. The molecule has 0 aliphatic heterocycles. The highest BCUT2D eigenvalue weighted by Gasteiger charge is 2.11. The van der Waals surface area contributed by atoms with Crippen molar-refractivity contribution in [2.45, 2.75) is 26.5 Å². The molecule has 1 aromatic heterocycles. The minimum absolute atomic E-state index is 0.0735. The van der Waals surface area contributed by atoms with Crippen LogP contribution in [0.15, 0.2) is 30.5 Å². The predicted molar refractivity (Wildman–Crippen MR) is 70.0 cm³/mol. The van der Waals surface area contributed by atoms with E-state index in [1.807, 2.05) is 6.92 Å². The van der Waals surface area contributed by atoms with E-state index < -0.39 is 6.61 Å². The number of ether oxygens (including phenoxy) is 1. The molecule has 0 aliphatic carbocycles. The van der Waals surface area contributed by atoms with Crippen LogP contribution in [0, 0.1) is 0 Å². The smallest absolute Gasteiger partial charge is 0.387 e. The SMILES string of the molecule is CCCn1cc(C=O)c(-c2ccc(OC(F)F)cc2)n1. The van der Waals surface area contributed by atoms with E-state index in [0.717, 1.165) is 12.7 Å². The number of nitrogens with zero attached hydrogens (tertiary/aromatic N) is 2. The standard InChI is InChI=1S/C14H14F2N2O2/c1-2-7-18-8-11(9-19)13(17-18)10-3-5-12(6-4-10)20-14(15)16/h3-6,8-9,14H,2,7H2,1H3. The van der Waals surface area contributed by atoms with Crippen molar-refractivity contribution >= 4 is 6.29 Å². The average Bonchev–Trinajstić information content (AvgIpc) is 2.82. The van der Waals surface area contributed by atoms with Crippen LogP contribution in [0.25, 0.3) is 11.3 Å². The molecule has 0 aliphatic rings. The van der Waals surface area contributed by atoms with Crippen molar-refractivity contribution in [2.75, 3.05) is 0 Å². The Morgan fingerprint density at radius 3 is 2.60 bits per heavy atom. The number of aldehydes is 1. The topological polar surface area (TPSA) is 44.1 Å². The lowest BCUT2D eigenvalue weighted by Gasteiger charge is -2.05. The molecule has 0 spiro atoms. The molecular weight excluding hydrogens is 266 g/mol. The summed E-state index contributed by atoms with van der Waals surface area (Å²) in [4.78, 5) is 11.1. The summed E-state index contributed by atoms with van der Waals surface area (Å²) in [5, 5.41) is 4.33. The Labute approximate surface area is 115 Å². The van der Waals surface area contributed by atoms with E-state index in [-0.39, 0.29) is 5.75 Å². The van der Waals surface area contributed by atoms with Crippen LogP contribution in [0.4, 0.5) is 8.78 Å². The van der Waals surface area contributed by atoms with Crippen molar-refractivity contribution in [2.24, 2.45) is 0 Å². The van der Waals surface area contributed by atoms with Gasteiger partial charge < -0.3 is 4.74 Å². The second-order valence-corrected chi connectivity index (χ2v) is 4.22. The van der Waals surface area contributed by atoms with Crippen LogP contribution in [0.3, 0.4) is 0 Å². The lowest BCUT2D eigenvalue weighted by molar-refractivity contribution is -0.0498. The maximum Gasteiger partial charge on any atom is 0.387 e. The molecule has 4 nitrogen and oxygen atoms in total. The van der Waals surface area contributed by atoms with Crippen LogP contribution in [0.2, 0.25) is 0 Å². The molecule has 0 fully saturated rings. The molecule has 0 radical (unpaired) electrons. The summed E-state index contributed by atoms with van der Waals surface area (Å²) in [7, 11) is 0. The van der Waals surface area contributed by atoms with Gasteiger partial charge in [0.25, 0.3) is 0 Å². The fraction of sp³-hybridized carbons (Fsp3) is 0.286. The number of halogens is 2. The first-order valence-electron chi connectivity index (χ1n) is 6.22. The van der Waals surface area contributed by atoms with Crippen molar-refractivity contribution in [3.05, 3.63) is 36.0 Å². The van der Waals surface area contributed by atoms with Gasteiger partial charge in [-0.05, 0) is 30.7 Å². The van der Waals surface area contributed by atoms with Crippen molar-refractivity contribution in [3.8, 4) is 17.0 Å². The van der Waals surface area contributed by atoms with Crippen molar-refractivity contribution in [1.82, 2.24) is 9.78 Å². The van der Waals surface area contributed by atoms with Gasteiger partial charge in [0.15, 0.2) is 6.29 Å². The lowest BCUT2D eigenvalue weighted by Crippen LogP contribution is -2.01. The fourth-order valence-electron chi connectivity index (χ4n) is 1.89. The van der Waals surface area contributed by atoms with Crippen molar-refractivity contribution in [1.29, 1.82) is 0 Å². The minimum atomic E-state index is -2.85. The van der Waals surface area contributed by atoms with Gasteiger partial charge in [-0.3, -0.25) is 9.48 Å². The van der Waals surface area contributed by atoms with E-state index in [1.165, 1.54) is 12.1 Å².